The first-order valence-corrected chi connectivity index (χ1v) is 10.3. The van der Waals surface area contributed by atoms with Gasteiger partial charge >= 0.3 is 0 Å². The molecular formula is C21H35ClN4O. The van der Waals surface area contributed by atoms with Crippen LogP contribution in [-0.2, 0) is 11.3 Å². The quantitative estimate of drug-likeness (QED) is 0.736. The van der Waals surface area contributed by atoms with Crippen LogP contribution < -0.4 is 5.32 Å². The van der Waals surface area contributed by atoms with Gasteiger partial charge in [0.05, 0.1) is 0 Å². The van der Waals surface area contributed by atoms with Crippen molar-refractivity contribution in [3.8, 4) is 0 Å². The van der Waals surface area contributed by atoms with Crippen LogP contribution in [0.3, 0.4) is 0 Å². The summed E-state index contributed by atoms with van der Waals surface area (Å²) in [5.74, 6) is 1.78. The fraction of sp³-hybridized carbons (Fsp3) is 0.714. The molecule has 2 unspecified atom stereocenters. The van der Waals surface area contributed by atoms with Crippen molar-refractivity contribution >= 4 is 18.3 Å². The first-order chi connectivity index (χ1) is 12.7. The molecule has 6 heteroatoms. The Kier molecular flexibility index (Phi) is 9.00. The molecule has 152 valence electrons. The lowest BCUT2D eigenvalue weighted by atomic mass is 9.79. The zero-order valence-electron chi connectivity index (χ0n) is 16.8. The number of amides is 1. The van der Waals surface area contributed by atoms with Gasteiger partial charge in [0.15, 0.2) is 0 Å². The largest absolute Gasteiger partial charge is 0.343 e. The van der Waals surface area contributed by atoms with Gasteiger partial charge in [0.2, 0.25) is 5.91 Å². The van der Waals surface area contributed by atoms with E-state index in [0.717, 1.165) is 51.5 Å². The fourth-order valence-corrected chi connectivity index (χ4v) is 4.70. The summed E-state index contributed by atoms with van der Waals surface area (Å²) in [6, 6.07) is 4.76. The van der Waals surface area contributed by atoms with Crippen LogP contribution in [0.1, 0.15) is 45.1 Å². The number of carbonyl (C=O) groups is 1. The molecule has 0 saturated carbocycles. The first kappa shape index (κ1) is 22.1. The molecule has 3 rings (SSSR count). The second-order valence-electron chi connectivity index (χ2n) is 7.89. The molecule has 2 aliphatic rings. The number of hydrogen-bond acceptors (Lipinski definition) is 4. The number of aromatic nitrogens is 1. The molecule has 2 aliphatic heterocycles. The van der Waals surface area contributed by atoms with Gasteiger partial charge in [-0.25, -0.2) is 0 Å². The number of nitrogens with zero attached hydrogens (tertiary/aromatic N) is 3. The predicted octanol–water partition coefficient (Wildman–Crippen LogP) is 2.95. The molecule has 2 bridgehead atoms. The van der Waals surface area contributed by atoms with Gasteiger partial charge in [0.1, 0.15) is 0 Å². The number of hydrogen-bond donors (Lipinski definition) is 1. The van der Waals surface area contributed by atoms with Crippen LogP contribution in [-0.4, -0.2) is 59.5 Å². The Morgan fingerprint density at radius 3 is 2.85 bits per heavy atom. The van der Waals surface area contributed by atoms with E-state index in [1.807, 2.05) is 23.4 Å². The third-order valence-electron chi connectivity index (χ3n) is 6.03. The lowest BCUT2D eigenvalue weighted by molar-refractivity contribution is -0.131. The molecule has 2 fully saturated rings. The Hall–Kier alpha value is -1.17. The van der Waals surface area contributed by atoms with E-state index < -0.39 is 0 Å². The fourth-order valence-electron chi connectivity index (χ4n) is 4.70. The number of fused-ring (bicyclic) bond motifs is 2. The molecule has 3 atom stereocenters. The van der Waals surface area contributed by atoms with Crippen molar-refractivity contribution < 1.29 is 4.79 Å². The van der Waals surface area contributed by atoms with E-state index >= 15 is 0 Å². The van der Waals surface area contributed by atoms with Crippen LogP contribution in [0.4, 0.5) is 0 Å². The summed E-state index contributed by atoms with van der Waals surface area (Å²) in [6.07, 6.45) is 7.97. The first-order valence-electron chi connectivity index (χ1n) is 10.3. The summed E-state index contributed by atoms with van der Waals surface area (Å²) in [4.78, 5) is 21.0. The Balaban J connectivity index is 0.00000261. The van der Waals surface area contributed by atoms with Crippen LogP contribution in [0.25, 0.3) is 0 Å². The standard InChI is InChI=1S/C21H34N4O.ClH/c1-3-25(4-2)21(26)9-5-8-20-19-11-18(13-23-20)15-24(16-19)14-17-7-6-10-22-12-17;/h6-7,10,12,18-20,23H,3-5,8-9,11,13-16H2,1-2H3;1H/t18?,19?,20-;/m1./s1. The van der Waals surface area contributed by atoms with Crippen molar-refractivity contribution in [3.05, 3.63) is 30.1 Å². The van der Waals surface area contributed by atoms with Gasteiger partial charge in [-0.1, -0.05) is 6.07 Å². The summed E-state index contributed by atoms with van der Waals surface area (Å²) in [6.45, 7) is 10.2. The summed E-state index contributed by atoms with van der Waals surface area (Å²) >= 11 is 0. The summed E-state index contributed by atoms with van der Waals surface area (Å²) in [5, 5.41) is 3.77. The van der Waals surface area contributed by atoms with Gasteiger partial charge in [-0.2, -0.15) is 0 Å². The van der Waals surface area contributed by atoms with Gasteiger partial charge in [-0.15, -0.1) is 12.4 Å². The Morgan fingerprint density at radius 1 is 1.33 bits per heavy atom. The highest BCUT2D eigenvalue weighted by atomic mass is 35.5. The molecule has 0 spiro atoms. The zero-order chi connectivity index (χ0) is 18.4. The molecule has 1 aromatic rings. The van der Waals surface area contributed by atoms with Gasteiger partial charge in [-0.05, 0) is 63.1 Å². The van der Waals surface area contributed by atoms with Gasteiger partial charge in [-0.3, -0.25) is 14.7 Å². The maximum Gasteiger partial charge on any atom is 0.222 e. The maximum atomic E-state index is 12.2. The monoisotopic (exact) mass is 394 g/mol. The zero-order valence-corrected chi connectivity index (χ0v) is 17.6. The molecule has 0 aliphatic carbocycles. The lowest BCUT2D eigenvalue weighted by Crippen LogP contribution is -2.55. The van der Waals surface area contributed by atoms with Crippen LogP contribution in [0.5, 0.6) is 0 Å². The normalized spacial score (nSPS) is 24.9. The molecular weight excluding hydrogens is 360 g/mol. The molecule has 0 radical (unpaired) electrons. The second-order valence-corrected chi connectivity index (χ2v) is 7.89. The molecule has 1 N–H and O–H groups in total. The minimum Gasteiger partial charge on any atom is -0.343 e. The average Bonchev–Trinajstić information content (AvgIpc) is 2.65. The van der Waals surface area contributed by atoms with E-state index in [9.17, 15) is 4.79 Å². The van der Waals surface area contributed by atoms with Crippen LogP contribution in [0.15, 0.2) is 24.5 Å². The number of nitrogens with one attached hydrogen (secondary N) is 1. The van der Waals surface area contributed by atoms with E-state index in [1.165, 1.54) is 18.5 Å². The minimum atomic E-state index is 0. The molecule has 3 heterocycles. The Labute approximate surface area is 170 Å². The average molecular weight is 395 g/mol. The molecule has 0 aromatic carbocycles. The van der Waals surface area contributed by atoms with Crippen LogP contribution in [0, 0.1) is 11.8 Å². The smallest absolute Gasteiger partial charge is 0.222 e. The van der Waals surface area contributed by atoms with Gasteiger partial charge < -0.3 is 10.2 Å². The van der Waals surface area contributed by atoms with E-state index in [2.05, 4.69) is 35.1 Å². The number of piperidine rings is 2. The van der Waals surface area contributed by atoms with Crippen LogP contribution >= 0.6 is 12.4 Å². The number of pyridine rings is 1. The molecule has 1 amide bonds. The van der Waals surface area contributed by atoms with E-state index in [4.69, 9.17) is 0 Å². The second kappa shape index (κ2) is 11.0. The van der Waals surface area contributed by atoms with Crippen molar-refractivity contribution in [2.75, 3.05) is 32.7 Å². The minimum absolute atomic E-state index is 0. The number of halogens is 1. The van der Waals surface area contributed by atoms with E-state index in [1.54, 1.807) is 0 Å². The van der Waals surface area contributed by atoms with Gasteiger partial charge in [0, 0.05) is 57.6 Å². The number of carbonyl (C=O) groups excluding carboxylic acids is 1. The third kappa shape index (κ3) is 6.16. The number of likely N-dealkylation sites (tertiary alicyclic amines) is 1. The Bertz CT molecular complexity index is 567. The Morgan fingerprint density at radius 2 is 2.15 bits per heavy atom. The molecule has 27 heavy (non-hydrogen) atoms. The SMILES string of the molecule is CCN(CC)C(=O)CCC[C@H]1NCC2CC1CN(Cc1cccnc1)C2.Cl. The third-order valence-corrected chi connectivity index (χ3v) is 6.03. The maximum absolute atomic E-state index is 12.2. The van der Waals surface area contributed by atoms with Crippen LogP contribution in [0.2, 0.25) is 0 Å². The van der Waals surface area contributed by atoms with Gasteiger partial charge in [0.25, 0.3) is 0 Å². The van der Waals surface area contributed by atoms with Crippen molar-refractivity contribution in [2.45, 2.75) is 52.1 Å². The summed E-state index contributed by atoms with van der Waals surface area (Å²) in [5.41, 5.74) is 1.31. The number of rotatable bonds is 8. The van der Waals surface area contributed by atoms with E-state index in [-0.39, 0.29) is 12.4 Å². The highest BCUT2D eigenvalue weighted by molar-refractivity contribution is 5.85. The van der Waals surface area contributed by atoms with Crippen molar-refractivity contribution in [1.82, 2.24) is 20.1 Å². The molecule has 2 saturated heterocycles. The van der Waals surface area contributed by atoms with E-state index in [0.29, 0.717) is 24.3 Å². The van der Waals surface area contributed by atoms with Crippen molar-refractivity contribution in [1.29, 1.82) is 0 Å². The predicted molar refractivity (Wildman–Crippen MR) is 112 cm³/mol. The summed E-state index contributed by atoms with van der Waals surface area (Å²) in [7, 11) is 0. The summed E-state index contributed by atoms with van der Waals surface area (Å²) < 4.78 is 0. The highest BCUT2D eigenvalue weighted by Crippen LogP contribution is 2.31. The molecule has 5 nitrogen and oxygen atoms in total. The lowest BCUT2D eigenvalue weighted by Gasteiger charge is -2.46. The van der Waals surface area contributed by atoms with Crippen molar-refractivity contribution in [3.63, 3.8) is 0 Å². The van der Waals surface area contributed by atoms with Crippen molar-refractivity contribution in [2.24, 2.45) is 11.8 Å². The molecule has 1 aromatic heterocycles. The topological polar surface area (TPSA) is 48.5 Å². The highest BCUT2D eigenvalue weighted by Gasteiger charge is 2.36.